The van der Waals surface area contributed by atoms with Crippen LogP contribution < -0.4 is 22.3 Å². The first-order chi connectivity index (χ1) is 12.3. The molecule has 2 bridgehead atoms. The van der Waals surface area contributed by atoms with E-state index in [0.717, 1.165) is 6.54 Å². The van der Waals surface area contributed by atoms with Gasteiger partial charge in [0.2, 0.25) is 6.29 Å². The predicted octanol–water partition coefficient (Wildman–Crippen LogP) is -0.773. The van der Waals surface area contributed by atoms with Crippen molar-refractivity contribution >= 4 is 15.9 Å². The van der Waals surface area contributed by atoms with Crippen molar-refractivity contribution in [3.63, 3.8) is 0 Å². The monoisotopic (exact) mass is 483 g/mol. The highest BCUT2D eigenvalue weighted by molar-refractivity contribution is 9.09. The van der Waals surface area contributed by atoms with Gasteiger partial charge in [0.25, 0.3) is 0 Å². The van der Waals surface area contributed by atoms with Crippen LogP contribution in [-0.4, -0.2) is 36.0 Å². The van der Waals surface area contributed by atoms with E-state index in [1.165, 1.54) is 11.1 Å². The molecule has 2 saturated heterocycles. The van der Waals surface area contributed by atoms with Crippen LogP contribution in [0.4, 0.5) is 0 Å². The van der Waals surface area contributed by atoms with Crippen molar-refractivity contribution in [1.29, 1.82) is 0 Å². The van der Waals surface area contributed by atoms with E-state index in [-0.39, 0.29) is 46.3 Å². The number of rotatable bonds is 6. The molecule has 0 spiro atoms. The standard InChI is InChI=1S/C20H22BrNO3.BrH/c21-17-18(22-11-14-7-3-1-4-8-14)20-24-13-16(25-20)19(17)23-12-15-9-5-2-6-10-15;/h1-10,16-20,22H,11-13H2;1H/t16-,17-,18-,19-,20-;/m1./s1. The predicted molar refractivity (Wildman–Crippen MR) is 98.2 cm³/mol. The third-order valence-corrected chi connectivity index (χ3v) is 5.98. The van der Waals surface area contributed by atoms with Crippen molar-refractivity contribution in [1.82, 2.24) is 0 Å². The van der Waals surface area contributed by atoms with Crippen molar-refractivity contribution in [2.24, 2.45) is 0 Å². The molecule has 0 saturated carbocycles. The fraction of sp³-hybridized carbons (Fsp3) is 0.400. The number of hydrogen-bond donors (Lipinski definition) is 1. The van der Waals surface area contributed by atoms with E-state index in [2.05, 4.69) is 57.6 Å². The molecular formula is C20H23Br2NO3. The molecule has 0 amide bonds. The van der Waals surface area contributed by atoms with Gasteiger partial charge in [-0.25, -0.2) is 0 Å². The third-order valence-electron chi connectivity index (χ3n) is 4.85. The molecular weight excluding hydrogens is 462 g/mol. The van der Waals surface area contributed by atoms with Gasteiger partial charge in [0.1, 0.15) is 23.6 Å². The topological polar surface area (TPSA) is 44.3 Å². The molecule has 4 nitrogen and oxygen atoms in total. The minimum atomic E-state index is -0.172. The number of ether oxygens (including phenoxy) is 3. The third kappa shape index (κ3) is 4.55. The Bertz CT molecular complexity index is 616. The van der Waals surface area contributed by atoms with Gasteiger partial charge in [0.15, 0.2) is 6.04 Å². The van der Waals surface area contributed by atoms with E-state index in [9.17, 15) is 0 Å². The van der Waals surface area contributed by atoms with Crippen LogP contribution in [0.5, 0.6) is 0 Å². The second-order valence-corrected chi connectivity index (χ2v) is 7.64. The average Bonchev–Trinajstić information content (AvgIpc) is 3.09. The number of halogens is 2. The Morgan fingerprint density at radius 1 is 1.00 bits per heavy atom. The van der Waals surface area contributed by atoms with Gasteiger partial charge in [-0.05, 0) is 5.56 Å². The first-order valence-electron chi connectivity index (χ1n) is 8.75. The molecule has 2 heterocycles. The molecule has 2 aromatic rings. The highest BCUT2D eigenvalue weighted by atomic mass is 79.9. The summed E-state index contributed by atoms with van der Waals surface area (Å²) in [6, 6.07) is 20.9. The summed E-state index contributed by atoms with van der Waals surface area (Å²) in [5, 5.41) is 2.29. The molecule has 2 fully saturated rings. The molecule has 140 valence electrons. The normalized spacial score (nSPS) is 30.0. The van der Waals surface area contributed by atoms with Crippen molar-refractivity contribution in [3.05, 3.63) is 71.8 Å². The van der Waals surface area contributed by atoms with Crippen LogP contribution in [0.15, 0.2) is 60.7 Å². The second-order valence-electron chi connectivity index (χ2n) is 6.58. The number of quaternary nitrogens is 1. The minimum absolute atomic E-state index is 0. The maximum atomic E-state index is 6.22. The molecule has 2 aliphatic heterocycles. The van der Waals surface area contributed by atoms with E-state index < -0.39 is 0 Å². The van der Waals surface area contributed by atoms with Gasteiger partial charge in [0.05, 0.1) is 13.2 Å². The Morgan fingerprint density at radius 3 is 2.35 bits per heavy atom. The van der Waals surface area contributed by atoms with Gasteiger partial charge in [-0.3, -0.25) is 0 Å². The van der Waals surface area contributed by atoms with Crippen molar-refractivity contribution < 1.29 is 36.5 Å². The van der Waals surface area contributed by atoms with E-state index in [1.54, 1.807) is 0 Å². The first-order valence-corrected chi connectivity index (χ1v) is 9.67. The van der Waals surface area contributed by atoms with Gasteiger partial charge in [-0.2, -0.15) is 0 Å². The molecule has 0 unspecified atom stereocenters. The average molecular weight is 485 g/mol. The van der Waals surface area contributed by atoms with E-state index in [0.29, 0.717) is 13.2 Å². The SMILES string of the molecule is Br[C@@H]1[C@@H]([NH2+]Cc2ccccc2)[C@@H]2OC[C@@H](O2)[C@H]1OCc1ccccc1.[Br-]. The molecule has 5 atom stereocenters. The van der Waals surface area contributed by atoms with Gasteiger partial charge in [-0.1, -0.05) is 76.6 Å². The number of nitrogens with two attached hydrogens (primary N) is 1. The zero-order chi connectivity index (χ0) is 17.1. The largest absolute Gasteiger partial charge is 1.00 e. The summed E-state index contributed by atoms with van der Waals surface area (Å²) in [4.78, 5) is 0.186. The van der Waals surface area contributed by atoms with E-state index in [4.69, 9.17) is 14.2 Å². The molecule has 26 heavy (non-hydrogen) atoms. The summed E-state index contributed by atoms with van der Waals surface area (Å²) in [6.07, 6.45) is -0.190. The van der Waals surface area contributed by atoms with Crippen LogP contribution in [0.25, 0.3) is 0 Å². The van der Waals surface area contributed by atoms with Gasteiger partial charge in [0, 0.05) is 5.56 Å². The molecule has 4 rings (SSSR count). The smallest absolute Gasteiger partial charge is 0.212 e. The quantitative estimate of drug-likeness (QED) is 0.547. The molecule has 2 N–H and O–H groups in total. The summed E-state index contributed by atoms with van der Waals surface area (Å²) in [7, 11) is 0. The van der Waals surface area contributed by atoms with E-state index >= 15 is 0 Å². The van der Waals surface area contributed by atoms with Crippen molar-refractivity contribution in [2.45, 2.75) is 42.5 Å². The van der Waals surface area contributed by atoms with Crippen LogP contribution in [0.2, 0.25) is 0 Å². The highest BCUT2D eigenvalue weighted by Gasteiger charge is 2.52. The van der Waals surface area contributed by atoms with Crippen LogP contribution in [0.3, 0.4) is 0 Å². The van der Waals surface area contributed by atoms with Gasteiger partial charge < -0.3 is 36.5 Å². The Kier molecular flexibility index (Phi) is 7.26. The molecule has 0 radical (unpaired) electrons. The summed E-state index contributed by atoms with van der Waals surface area (Å²) in [5.74, 6) is 0. The first kappa shape index (κ1) is 20.0. The molecule has 6 heteroatoms. The lowest BCUT2D eigenvalue weighted by Gasteiger charge is -2.36. The van der Waals surface area contributed by atoms with E-state index in [1.807, 2.05) is 24.3 Å². The lowest BCUT2D eigenvalue weighted by Crippen LogP contribution is -3.00. The fourth-order valence-electron chi connectivity index (χ4n) is 3.48. The van der Waals surface area contributed by atoms with Gasteiger partial charge in [-0.15, -0.1) is 0 Å². The Morgan fingerprint density at radius 2 is 1.65 bits per heavy atom. The Labute approximate surface area is 173 Å². The molecule has 2 aliphatic rings. The zero-order valence-electron chi connectivity index (χ0n) is 14.3. The lowest BCUT2D eigenvalue weighted by molar-refractivity contribution is -0.719. The zero-order valence-corrected chi connectivity index (χ0v) is 17.5. The second kappa shape index (κ2) is 9.44. The van der Waals surface area contributed by atoms with Crippen LogP contribution >= 0.6 is 15.9 Å². The van der Waals surface area contributed by atoms with Gasteiger partial charge >= 0.3 is 0 Å². The highest BCUT2D eigenvalue weighted by Crippen LogP contribution is 2.33. The number of hydrogen-bond acceptors (Lipinski definition) is 3. The van der Waals surface area contributed by atoms with Crippen LogP contribution in [0, 0.1) is 0 Å². The Balaban J connectivity index is 0.00000196. The summed E-state index contributed by atoms with van der Waals surface area (Å²) in [5.41, 5.74) is 2.47. The molecule has 0 aromatic heterocycles. The molecule has 0 aliphatic carbocycles. The van der Waals surface area contributed by atoms with Crippen LogP contribution in [0.1, 0.15) is 11.1 Å². The summed E-state index contributed by atoms with van der Waals surface area (Å²) in [6.45, 7) is 2.08. The Hall–Kier alpha value is -0.760. The lowest BCUT2D eigenvalue weighted by atomic mass is 10.0. The number of alkyl halides is 1. The van der Waals surface area contributed by atoms with Crippen molar-refractivity contribution in [3.8, 4) is 0 Å². The van der Waals surface area contributed by atoms with Crippen molar-refractivity contribution in [2.75, 3.05) is 6.61 Å². The number of fused-ring (bicyclic) bond motifs is 2. The maximum absolute atomic E-state index is 6.22. The molecule has 2 aromatic carbocycles. The van der Waals surface area contributed by atoms with Crippen LogP contribution in [-0.2, 0) is 27.4 Å². The summed E-state index contributed by atoms with van der Waals surface area (Å²) < 4.78 is 18.2. The fourth-order valence-corrected chi connectivity index (χ4v) is 4.44. The minimum Gasteiger partial charge on any atom is -1.00 e. The number of benzene rings is 2. The maximum Gasteiger partial charge on any atom is 0.212 e. The summed E-state index contributed by atoms with van der Waals surface area (Å²) >= 11 is 3.87.